The molecule has 1 aliphatic carbocycles. The first-order valence-corrected chi connectivity index (χ1v) is 11.8. The molecule has 1 heterocycles. The second-order valence-electron chi connectivity index (χ2n) is 8.24. The summed E-state index contributed by atoms with van der Waals surface area (Å²) in [6.45, 7) is 3.31. The predicted molar refractivity (Wildman–Crippen MR) is 113 cm³/mol. The molecule has 0 bridgehead atoms. The Morgan fingerprint density at radius 2 is 2.03 bits per heavy atom. The first-order chi connectivity index (χ1) is 13.8. The van der Waals surface area contributed by atoms with E-state index in [-0.39, 0.29) is 23.6 Å². The Balaban J connectivity index is 1.67. The van der Waals surface area contributed by atoms with Crippen molar-refractivity contribution < 1.29 is 23.3 Å². The number of ether oxygens (including phenoxy) is 2. The largest absolute Gasteiger partial charge is 0.448 e. The van der Waals surface area contributed by atoms with Gasteiger partial charge in [-0.2, -0.15) is 0 Å². The van der Waals surface area contributed by atoms with Crippen LogP contribution in [0.1, 0.15) is 38.2 Å². The first-order valence-electron chi connectivity index (χ1n) is 9.90. The minimum atomic E-state index is -1.12. The maximum absolute atomic E-state index is 13.0. The molecule has 1 unspecified atom stereocenters. The molecule has 160 valence electrons. The number of likely N-dealkylation sites (N-methyl/N-ethyl adjacent to an activating group) is 1. The number of halogens is 1. The van der Waals surface area contributed by atoms with Gasteiger partial charge in [-0.25, -0.2) is 4.79 Å². The van der Waals surface area contributed by atoms with Crippen LogP contribution in [0, 0.1) is 5.41 Å². The Morgan fingerprint density at radius 3 is 2.66 bits per heavy atom. The number of rotatable bonds is 7. The normalized spacial score (nSPS) is 24.4. The van der Waals surface area contributed by atoms with Gasteiger partial charge in [-0.05, 0) is 25.3 Å². The Hall–Kier alpha value is -1.44. The van der Waals surface area contributed by atoms with Crippen LogP contribution in [0.5, 0.6) is 0 Å². The molecule has 1 aromatic rings. The number of benzene rings is 1. The van der Waals surface area contributed by atoms with Gasteiger partial charge in [0.25, 0.3) is 0 Å². The number of carbonyl (C=O) groups excluding carboxylic acids is 2. The van der Waals surface area contributed by atoms with Crippen molar-refractivity contribution in [3.63, 3.8) is 0 Å². The molecule has 6 nitrogen and oxygen atoms in total. The number of hydrogen-bond donors (Lipinski definition) is 0. The molecule has 1 amide bonds. The van der Waals surface area contributed by atoms with Gasteiger partial charge in [0.1, 0.15) is 12.1 Å². The van der Waals surface area contributed by atoms with E-state index >= 15 is 0 Å². The highest BCUT2D eigenvalue weighted by Crippen LogP contribution is 2.42. The summed E-state index contributed by atoms with van der Waals surface area (Å²) in [5.41, 5.74) is -0.537. The summed E-state index contributed by atoms with van der Waals surface area (Å²) in [4.78, 5) is 27.2. The zero-order valence-corrected chi connectivity index (χ0v) is 18.5. The van der Waals surface area contributed by atoms with E-state index in [2.05, 4.69) is 0 Å². The lowest BCUT2D eigenvalue weighted by molar-refractivity contribution is -0.133. The lowest BCUT2D eigenvalue weighted by atomic mass is 9.74. The molecule has 1 saturated carbocycles. The van der Waals surface area contributed by atoms with E-state index in [4.69, 9.17) is 21.1 Å². The van der Waals surface area contributed by atoms with E-state index in [1.807, 2.05) is 13.0 Å². The van der Waals surface area contributed by atoms with Gasteiger partial charge < -0.3 is 9.47 Å². The summed E-state index contributed by atoms with van der Waals surface area (Å²) in [5, 5.41) is 0.458. The number of nitrogens with zero attached hydrogens (tertiary/aromatic N) is 1. The molecule has 2 atom stereocenters. The van der Waals surface area contributed by atoms with E-state index in [1.165, 1.54) is 4.90 Å². The lowest BCUT2D eigenvalue weighted by Gasteiger charge is -2.43. The molecule has 1 aliphatic heterocycles. The quantitative estimate of drug-likeness (QED) is 0.647. The van der Waals surface area contributed by atoms with Crippen molar-refractivity contribution in [2.24, 2.45) is 5.41 Å². The van der Waals surface area contributed by atoms with Gasteiger partial charge in [-0.3, -0.25) is 13.9 Å². The third kappa shape index (κ3) is 4.67. The third-order valence-corrected chi connectivity index (χ3v) is 7.74. The van der Waals surface area contributed by atoms with Crippen LogP contribution in [0.4, 0.5) is 4.79 Å². The van der Waals surface area contributed by atoms with Gasteiger partial charge in [0.05, 0.1) is 19.0 Å². The molecule has 1 aromatic carbocycles. The van der Waals surface area contributed by atoms with Gasteiger partial charge in [-0.1, -0.05) is 36.7 Å². The van der Waals surface area contributed by atoms with Crippen LogP contribution in [0.3, 0.4) is 0 Å². The molecule has 8 heteroatoms. The molecule has 2 fully saturated rings. The molecular formula is C21H28ClNO5S. The van der Waals surface area contributed by atoms with E-state index in [9.17, 15) is 13.8 Å². The monoisotopic (exact) mass is 441 g/mol. The van der Waals surface area contributed by atoms with E-state index in [0.717, 1.165) is 12.8 Å². The summed E-state index contributed by atoms with van der Waals surface area (Å²) in [6, 6.07) is 7.14. The summed E-state index contributed by atoms with van der Waals surface area (Å²) in [6.07, 6.45) is 1.92. The second-order valence-corrected chi connectivity index (χ2v) is 10.2. The summed E-state index contributed by atoms with van der Waals surface area (Å²) >= 11 is 6.41. The van der Waals surface area contributed by atoms with Crippen LogP contribution >= 0.6 is 11.6 Å². The third-order valence-electron chi connectivity index (χ3n) is 5.77. The van der Waals surface area contributed by atoms with E-state index in [1.54, 1.807) is 25.2 Å². The fourth-order valence-electron chi connectivity index (χ4n) is 4.10. The van der Waals surface area contributed by atoms with Crippen LogP contribution in [-0.2, 0) is 30.6 Å². The molecular weight excluding hydrogens is 414 g/mol. The molecule has 0 aromatic heterocycles. The zero-order chi connectivity index (χ0) is 21.1. The van der Waals surface area contributed by atoms with Crippen LogP contribution in [0.25, 0.3) is 0 Å². The van der Waals surface area contributed by atoms with Crippen molar-refractivity contribution in [1.29, 1.82) is 0 Å². The highest BCUT2D eigenvalue weighted by molar-refractivity contribution is 7.85. The van der Waals surface area contributed by atoms with Crippen molar-refractivity contribution in [3.05, 3.63) is 34.9 Å². The van der Waals surface area contributed by atoms with Crippen molar-refractivity contribution in [3.8, 4) is 0 Å². The highest BCUT2D eigenvalue weighted by atomic mass is 35.5. The topological polar surface area (TPSA) is 72.9 Å². The standard InChI is InChI=1S/C21H28ClNO5S/c1-20(13-27-14-20)15-29(26)12-11-28-19(25)23(2)21(10-6-5-9-18(21)24)16-7-3-4-8-17(16)22/h3-4,7-8H,5-6,9-15H2,1-2H3/t21-,29?/m0/s1. The summed E-state index contributed by atoms with van der Waals surface area (Å²) in [5.74, 6) is 0.766. The van der Waals surface area contributed by atoms with Crippen LogP contribution in [0.2, 0.25) is 5.02 Å². The minimum Gasteiger partial charge on any atom is -0.448 e. The van der Waals surface area contributed by atoms with Crippen molar-refractivity contribution in [2.45, 2.75) is 38.1 Å². The van der Waals surface area contributed by atoms with E-state index in [0.29, 0.717) is 42.4 Å². The highest BCUT2D eigenvalue weighted by Gasteiger charge is 2.48. The van der Waals surface area contributed by atoms with Crippen LogP contribution in [-0.4, -0.2) is 59.4 Å². The number of carbonyl (C=O) groups is 2. The van der Waals surface area contributed by atoms with Gasteiger partial charge >= 0.3 is 6.09 Å². The number of ketones is 1. The minimum absolute atomic E-state index is 0.0298. The Morgan fingerprint density at radius 1 is 1.31 bits per heavy atom. The number of Topliss-reactive ketones (excluding diaryl/α,β-unsaturated/α-hetero) is 1. The van der Waals surface area contributed by atoms with Gasteiger partial charge in [0.2, 0.25) is 0 Å². The van der Waals surface area contributed by atoms with Crippen molar-refractivity contribution in [2.75, 3.05) is 38.4 Å². The van der Waals surface area contributed by atoms with Gasteiger partial charge in [0, 0.05) is 46.0 Å². The Labute approximate surface area is 179 Å². The Bertz CT molecular complexity index is 797. The summed E-state index contributed by atoms with van der Waals surface area (Å²) < 4.78 is 22.8. The van der Waals surface area contributed by atoms with E-state index < -0.39 is 22.4 Å². The number of amides is 1. The van der Waals surface area contributed by atoms with Gasteiger partial charge in [0.15, 0.2) is 5.78 Å². The van der Waals surface area contributed by atoms with Gasteiger partial charge in [-0.15, -0.1) is 0 Å². The van der Waals surface area contributed by atoms with Crippen molar-refractivity contribution >= 4 is 34.3 Å². The maximum atomic E-state index is 13.0. The molecule has 29 heavy (non-hydrogen) atoms. The Kier molecular flexibility index (Phi) is 7.02. The molecule has 0 radical (unpaired) electrons. The van der Waals surface area contributed by atoms with Crippen molar-refractivity contribution in [1.82, 2.24) is 4.90 Å². The fraction of sp³-hybridized carbons (Fsp3) is 0.619. The van der Waals surface area contributed by atoms with Crippen LogP contribution < -0.4 is 0 Å². The molecule has 3 rings (SSSR count). The fourth-order valence-corrected chi connectivity index (χ4v) is 5.75. The average molecular weight is 442 g/mol. The molecule has 0 N–H and O–H groups in total. The molecule has 0 spiro atoms. The van der Waals surface area contributed by atoms with Crippen LogP contribution in [0.15, 0.2) is 24.3 Å². The maximum Gasteiger partial charge on any atom is 0.410 e. The SMILES string of the molecule is CN(C(=O)OCCS(=O)CC1(C)COC1)[C@]1(c2ccccc2Cl)CCCCC1=O. The smallest absolute Gasteiger partial charge is 0.410 e. The molecule has 2 aliphatic rings. The lowest BCUT2D eigenvalue weighted by Crippen LogP contribution is -2.54. The summed E-state index contributed by atoms with van der Waals surface area (Å²) in [7, 11) is 0.489. The average Bonchev–Trinajstić information content (AvgIpc) is 2.67. The first kappa shape index (κ1) is 22.2. The zero-order valence-electron chi connectivity index (χ0n) is 16.9. The molecule has 1 saturated heterocycles. The predicted octanol–water partition coefficient (Wildman–Crippen LogP) is 3.53. The number of hydrogen-bond acceptors (Lipinski definition) is 5. The second kappa shape index (κ2) is 9.14.